The number of hydrogen-bond acceptors (Lipinski definition) is 1. The first-order valence-electron chi connectivity index (χ1n) is 8.79. The third kappa shape index (κ3) is 4.35. The van der Waals surface area contributed by atoms with Crippen LogP contribution in [0.15, 0.2) is 4.41 Å². The fourth-order valence-electron chi connectivity index (χ4n) is 3.21. The van der Waals surface area contributed by atoms with Crippen molar-refractivity contribution < 1.29 is 26.4 Å². The van der Waals surface area contributed by atoms with Crippen molar-refractivity contribution in [3.63, 3.8) is 0 Å². The van der Waals surface area contributed by atoms with Gasteiger partial charge in [0.1, 0.15) is 0 Å². The average Bonchev–Trinajstić information content (AvgIpc) is 2.58. The second-order valence-electron chi connectivity index (χ2n) is 7.45. The van der Waals surface area contributed by atoms with Crippen LogP contribution < -0.4 is 0 Å². The summed E-state index contributed by atoms with van der Waals surface area (Å²) in [5, 5.41) is 2.52. The molecule has 0 amide bonds. The van der Waals surface area contributed by atoms with E-state index >= 15 is 0 Å². The molecule has 0 atom stereocenters. The molecule has 0 aliphatic heterocycles. The van der Waals surface area contributed by atoms with Gasteiger partial charge in [-0.15, -0.1) is 0 Å². The molecule has 0 heterocycles. The average molecular weight is 455 g/mol. The van der Waals surface area contributed by atoms with Crippen LogP contribution in [-0.4, -0.2) is 21.6 Å². The fraction of sp³-hybridized carbons (Fsp3) is 0.556. The van der Waals surface area contributed by atoms with Crippen LogP contribution in [0.3, 0.4) is 0 Å². The van der Waals surface area contributed by atoms with E-state index in [1.165, 1.54) is 0 Å². The molecular formula is C18H27F5GeOSi. The number of hydrogen-bond donors (Lipinski definition) is 0. The van der Waals surface area contributed by atoms with Gasteiger partial charge in [-0.25, -0.2) is 0 Å². The third-order valence-electron chi connectivity index (χ3n) is 5.01. The Morgan fingerprint density at radius 3 is 1.42 bits per heavy atom. The van der Waals surface area contributed by atoms with Crippen LogP contribution in [0.1, 0.15) is 33.3 Å². The van der Waals surface area contributed by atoms with Crippen molar-refractivity contribution in [2.75, 3.05) is 0 Å². The molecule has 1 aromatic rings. The molecule has 0 unspecified atom stereocenters. The molecule has 0 aromatic heterocycles. The molecule has 1 aromatic carbocycles. The maximum atomic E-state index is 14.5. The van der Waals surface area contributed by atoms with Crippen LogP contribution in [0.5, 0.6) is 0 Å². The van der Waals surface area contributed by atoms with Crippen molar-refractivity contribution in [3.05, 3.63) is 39.1 Å². The van der Waals surface area contributed by atoms with E-state index in [0.717, 1.165) is 15.8 Å². The predicted molar refractivity (Wildman–Crippen MR) is 100 cm³/mol. The van der Waals surface area contributed by atoms with E-state index in [0.29, 0.717) is 4.41 Å². The van der Waals surface area contributed by atoms with Crippen LogP contribution in [0.2, 0.25) is 35.4 Å². The Bertz CT molecular complexity index is 671. The Hall–Kier alpha value is -0.830. The summed E-state index contributed by atoms with van der Waals surface area (Å²) in [5.74, 6) is -9.82. The zero-order chi connectivity index (χ0) is 20.4. The van der Waals surface area contributed by atoms with E-state index < -0.39 is 56.2 Å². The molecule has 148 valence electrons. The molecule has 0 aliphatic carbocycles. The number of halogens is 5. The Balaban J connectivity index is 3.95. The molecule has 0 fully saturated rings. The van der Waals surface area contributed by atoms with Gasteiger partial charge in [-0.1, -0.05) is 0 Å². The van der Waals surface area contributed by atoms with E-state index in [2.05, 4.69) is 0 Å². The molecule has 0 aliphatic rings. The Morgan fingerprint density at radius 2 is 1.12 bits per heavy atom. The van der Waals surface area contributed by atoms with Gasteiger partial charge in [-0.2, -0.15) is 0 Å². The summed E-state index contributed by atoms with van der Waals surface area (Å²) in [5.41, 5.74) is -0.924. The molecule has 26 heavy (non-hydrogen) atoms. The number of benzene rings is 1. The van der Waals surface area contributed by atoms with E-state index in [9.17, 15) is 22.0 Å². The SMILES string of the molecule is C[CH2][Ge]([CH2]C)([CH2]C)/[C](C)=C(/O[Si](C)(C)C)c1c(F)c(F)c(F)c(F)c1F. The van der Waals surface area contributed by atoms with Gasteiger partial charge in [0.05, 0.1) is 0 Å². The molecule has 1 nitrogen and oxygen atoms in total. The summed E-state index contributed by atoms with van der Waals surface area (Å²) in [6.45, 7) is 13.2. The molecular weight excluding hydrogens is 428 g/mol. The fourth-order valence-corrected chi connectivity index (χ4v) is 12.2. The molecule has 0 spiro atoms. The first-order chi connectivity index (χ1) is 11.9. The zero-order valence-corrected chi connectivity index (χ0v) is 19.5. The number of rotatable bonds is 7. The molecule has 0 saturated carbocycles. The van der Waals surface area contributed by atoms with Crippen LogP contribution in [0, 0.1) is 29.1 Å². The van der Waals surface area contributed by atoms with Gasteiger partial charge >= 0.3 is 156 Å². The van der Waals surface area contributed by atoms with Gasteiger partial charge < -0.3 is 0 Å². The second kappa shape index (κ2) is 8.46. The van der Waals surface area contributed by atoms with E-state index in [1.54, 1.807) is 6.92 Å². The number of allylic oxidation sites excluding steroid dienone is 1. The minimum absolute atomic E-state index is 0.137. The van der Waals surface area contributed by atoms with Gasteiger partial charge in [-0.3, -0.25) is 0 Å². The standard InChI is InChI=1S/C18H27F5GeOSi/c1-8-24(9-2,10-3)11(4)18(25-26(5,6)7)12-13(19)15(21)17(23)16(22)14(12)20/h8-10H2,1-7H3/b18-11+. The topological polar surface area (TPSA) is 9.23 Å². The summed E-state index contributed by atoms with van der Waals surface area (Å²) in [7, 11) is -2.38. The molecule has 1 rings (SSSR count). The van der Waals surface area contributed by atoms with Crippen LogP contribution in [0.25, 0.3) is 5.76 Å². The quantitative estimate of drug-likeness (QED) is 0.141. The van der Waals surface area contributed by atoms with Crippen LogP contribution in [0.4, 0.5) is 22.0 Å². The van der Waals surface area contributed by atoms with E-state index in [-0.39, 0.29) is 5.76 Å². The molecule has 0 saturated heterocycles. The molecule has 8 heteroatoms. The van der Waals surface area contributed by atoms with Crippen LogP contribution >= 0.6 is 0 Å². The monoisotopic (exact) mass is 456 g/mol. The molecule has 0 radical (unpaired) electrons. The van der Waals surface area contributed by atoms with E-state index in [4.69, 9.17) is 4.43 Å². The Morgan fingerprint density at radius 1 is 0.769 bits per heavy atom. The first-order valence-corrected chi connectivity index (χ1v) is 17.7. The summed E-state index contributed by atoms with van der Waals surface area (Å²) in [4.78, 5) is 0. The summed E-state index contributed by atoms with van der Waals surface area (Å²) >= 11 is -2.75. The van der Waals surface area contributed by atoms with Gasteiger partial charge in [0.15, 0.2) is 0 Å². The normalized spacial score (nSPS) is 13.7. The van der Waals surface area contributed by atoms with Gasteiger partial charge in [0.25, 0.3) is 0 Å². The van der Waals surface area contributed by atoms with Crippen molar-refractivity contribution >= 4 is 27.3 Å². The third-order valence-corrected chi connectivity index (χ3v) is 18.2. The Labute approximate surface area is 156 Å². The molecule has 0 N–H and O–H groups in total. The summed E-state index contributed by atoms with van der Waals surface area (Å²) in [6, 6.07) is 0. The van der Waals surface area contributed by atoms with Gasteiger partial charge in [-0.05, 0) is 0 Å². The summed E-state index contributed by atoms with van der Waals surface area (Å²) < 4.78 is 76.7. The maximum absolute atomic E-state index is 14.5. The van der Waals surface area contributed by atoms with Gasteiger partial charge in [0, 0.05) is 0 Å². The van der Waals surface area contributed by atoms with Crippen molar-refractivity contribution in [1.82, 2.24) is 0 Å². The van der Waals surface area contributed by atoms with Crippen molar-refractivity contribution in [2.45, 2.75) is 63.1 Å². The van der Waals surface area contributed by atoms with Crippen LogP contribution in [-0.2, 0) is 4.43 Å². The van der Waals surface area contributed by atoms with Gasteiger partial charge in [0.2, 0.25) is 0 Å². The minimum atomic E-state index is -2.75. The predicted octanol–water partition coefficient (Wildman–Crippen LogP) is 7.01. The van der Waals surface area contributed by atoms with Crippen molar-refractivity contribution in [2.24, 2.45) is 0 Å². The first kappa shape index (κ1) is 23.2. The zero-order valence-electron chi connectivity index (χ0n) is 16.4. The molecule has 0 bridgehead atoms. The van der Waals surface area contributed by atoms with Crippen molar-refractivity contribution in [1.29, 1.82) is 0 Å². The summed E-state index contributed by atoms with van der Waals surface area (Å²) in [6.07, 6.45) is 0. The van der Waals surface area contributed by atoms with E-state index in [1.807, 2.05) is 40.4 Å². The Kier molecular flexibility index (Phi) is 7.55. The van der Waals surface area contributed by atoms with Crippen molar-refractivity contribution in [3.8, 4) is 0 Å². The second-order valence-corrected chi connectivity index (χ2v) is 23.3.